The summed E-state index contributed by atoms with van der Waals surface area (Å²) >= 11 is 0. The Hall–Kier alpha value is -4.53. The van der Waals surface area contributed by atoms with Crippen LogP contribution in [0.4, 0.5) is 5.69 Å². The summed E-state index contributed by atoms with van der Waals surface area (Å²) in [5.74, 6) is 0.221. The van der Waals surface area contributed by atoms with E-state index < -0.39 is 5.97 Å². The number of rotatable bonds is 5. The van der Waals surface area contributed by atoms with Crippen LogP contribution in [-0.2, 0) is 16.0 Å². The van der Waals surface area contributed by atoms with Gasteiger partial charge >= 0.3 is 5.97 Å². The van der Waals surface area contributed by atoms with Crippen molar-refractivity contribution in [1.29, 1.82) is 0 Å². The number of fused-ring (bicyclic) bond motifs is 1. The van der Waals surface area contributed by atoms with Gasteiger partial charge < -0.3 is 14.1 Å². The highest BCUT2D eigenvalue weighted by molar-refractivity contribution is 6.25. The van der Waals surface area contributed by atoms with Crippen molar-refractivity contribution < 1.29 is 18.7 Å². The largest absolute Gasteiger partial charge is 0.465 e. The smallest absolute Gasteiger partial charge is 0.337 e. The Morgan fingerprint density at radius 3 is 2.70 bits per heavy atom. The van der Waals surface area contributed by atoms with Crippen LogP contribution in [0.1, 0.15) is 21.7 Å². The number of esters is 1. The molecule has 0 radical (unpaired) electrons. The fourth-order valence-electron chi connectivity index (χ4n) is 3.83. The molecule has 9 nitrogen and oxygen atoms in total. The molecular formula is C24H19N5O4. The first kappa shape index (κ1) is 20.4. The molecule has 3 heterocycles. The molecule has 9 heteroatoms. The van der Waals surface area contributed by atoms with E-state index in [1.54, 1.807) is 41.3 Å². The highest BCUT2D eigenvalue weighted by atomic mass is 16.5. The maximum absolute atomic E-state index is 13.8. The monoisotopic (exact) mass is 441 g/mol. The number of methoxy groups -OCH3 is 1. The van der Waals surface area contributed by atoms with E-state index in [2.05, 4.69) is 15.5 Å². The Bertz CT molecular complexity index is 1340. The number of carbonyl (C=O) groups excluding carboxylic acids is 2. The number of hydrogen-bond donors (Lipinski definition) is 0. The van der Waals surface area contributed by atoms with Gasteiger partial charge in [0, 0.05) is 23.9 Å². The number of aromatic nitrogens is 4. The lowest BCUT2D eigenvalue weighted by molar-refractivity contribution is -0.113. The number of tetrazole rings is 1. The van der Waals surface area contributed by atoms with Crippen LogP contribution in [0.2, 0.25) is 0 Å². The topological polar surface area (TPSA) is 103 Å². The van der Waals surface area contributed by atoms with Crippen LogP contribution >= 0.6 is 0 Å². The maximum atomic E-state index is 13.8. The lowest BCUT2D eigenvalue weighted by atomic mass is 10.1. The number of amides is 1. The summed E-state index contributed by atoms with van der Waals surface area (Å²) in [6, 6.07) is 18.1. The van der Waals surface area contributed by atoms with Crippen molar-refractivity contribution in [2.75, 3.05) is 18.6 Å². The normalized spacial score (nSPS) is 13.1. The first-order valence-electron chi connectivity index (χ1n) is 10.3. The molecule has 0 bridgehead atoms. The van der Waals surface area contributed by atoms with Crippen LogP contribution in [0, 0.1) is 0 Å². The number of ether oxygens (including phenoxy) is 1. The zero-order chi connectivity index (χ0) is 22.8. The standard InChI is InChI=1S/C24H19N5O4/c1-32-24(31)18-9-10-20-17(14-18)11-12-28(20)23(30)21(15-19-8-5-13-33-19)29-22(25-26-27-29)16-6-3-2-4-7-16/h2-10,13-15H,11-12H2,1H3/b21-15+. The number of nitrogens with zero attached hydrogens (tertiary/aromatic N) is 5. The highest BCUT2D eigenvalue weighted by Crippen LogP contribution is 2.32. The van der Waals surface area contributed by atoms with Crippen LogP contribution in [0.3, 0.4) is 0 Å². The minimum atomic E-state index is -0.415. The molecule has 1 aliphatic rings. The number of hydrogen-bond acceptors (Lipinski definition) is 7. The van der Waals surface area contributed by atoms with Gasteiger partial charge in [0.15, 0.2) is 5.82 Å². The third-order valence-electron chi connectivity index (χ3n) is 5.41. The predicted octanol–water partition coefficient (Wildman–Crippen LogP) is 3.31. The third kappa shape index (κ3) is 3.80. The lowest BCUT2D eigenvalue weighted by Gasteiger charge is -2.19. The summed E-state index contributed by atoms with van der Waals surface area (Å²) in [6.45, 7) is 0.455. The first-order valence-corrected chi connectivity index (χ1v) is 10.3. The summed E-state index contributed by atoms with van der Waals surface area (Å²) in [5, 5.41) is 12.1. The van der Waals surface area contributed by atoms with E-state index in [0.717, 1.165) is 16.8 Å². The summed E-state index contributed by atoms with van der Waals surface area (Å²) in [7, 11) is 1.34. The van der Waals surface area contributed by atoms with E-state index in [0.29, 0.717) is 30.1 Å². The molecular weight excluding hydrogens is 422 g/mol. The Morgan fingerprint density at radius 2 is 1.94 bits per heavy atom. The van der Waals surface area contributed by atoms with Crippen LogP contribution in [0.25, 0.3) is 23.2 Å². The van der Waals surface area contributed by atoms with E-state index in [4.69, 9.17) is 9.15 Å². The molecule has 0 spiro atoms. The van der Waals surface area contributed by atoms with Crippen molar-refractivity contribution in [1.82, 2.24) is 20.2 Å². The van der Waals surface area contributed by atoms with Crippen molar-refractivity contribution in [3.8, 4) is 11.4 Å². The SMILES string of the molecule is COC(=O)c1ccc2c(c1)CCN2C(=O)/C(=C\c1ccco1)n1nnnc1-c1ccccc1. The number of anilines is 1. The fourth-order valence-corrected chi connectivity index (χ4v) is 3.83. The Labute approximate surface area is 188 Å². The fraction of sp³-hybridized carbons (Fsp3) is 0.125. The average molecular weight is 441 g/mol. The first-order chi connectivity index (χ1) is 16.2. The second kappa shape index (κ2) is 8.54. The van der Waals surface area contributed by atoms with Gasteiger partial charge in [-0.3, -0.25) is 4.79 Å². The van der Waals surface area contributed by atoms with Crippen molar-refractivity contribution in [2.45, 2.75) is 6.42 Å². The van der Waals surface area contributed by atoms with E-state index in [1.807, 2.05) is 30.3 Å². The molecule has 0 unspecified atom stereocenters. The van der Waals surface area contributed by atoms with Crippen molar-refractivity contribution in [2.24, 2.45) is 0 Å². The minimum Gasteiger partial charge on any atom is -0.465 e. The molecule has 164 valence electrons. The van der Waals surface area contributed by atoms with Gasteiger partial charge in [-0.15, -0.1) is 5.10 Å². The highest BCUT2D eigenvalue weighted by Gasteiger charge is 2.30. The van der Waals surface area contributed by atoms with Gasteiger partial charge in [0.25, 0.3) is 5.91 Å². The molecule has 1 aliphatic heterocycles. The Balaban J connectivity index is 1.56. The van der Waals surface area contributed by atoms with E-state index in [-0.39, 0.29) is 11.6 Å². The maximum Gasteiger partial charge on any atom is 0.337 e. The minimum absolute atomic E-state index is 0.235. The predicted molar refractivity (Wildman–Crippen MR) is 120 cm³/mol. The van der Waals surface area contributed by atoms with Gasteiger partial charge in [-0.25, -0.2) is 4.79 Å². The summed E-state index contributed by atoms with van der Waals surface area (Å²) in [5.41, 5.74) is 3.07. The van der Waals surface area contributed by atoms with Crippen molar-refractivity contribution >= 4 is 29.3 Å². The molecule has 0 saturated heterocycles. The second-order valence-corrected chi connectivity index (χ2v) is 7.37. The molecule has 4 aromatic rings. The summed E-state index contributed by atoms with van der Waals surface area (Å²) in [4.78, 5) is 27.3. The lowest BCUT2D eigenvalue weighted by Crippen LogP contribution is -2.32. The third-order valence-corrected chi connectivity index (χ3v) is 5.41. The molecule has 0 atom stereocenters. The molecule has 33 heavy (non-hydrogen) atoms. The zero-order valence-corrected chi connectivity index (χ0v) is 17.7. The molecule has 2 aromatic heterocycles. The van der Waals surface area contributed by atoms with Crippen molar-refractivity contribution in [3.05, 3.63) is 83.8 Å². The van der Waals surface area contributed by atoms with Gasteiger partial charge in [-0.2, -0.15) is 4.68 Å². The van der Waals surface area contributed by atoms with E-state index >= 15 is 0 Å². The molecule has 1 amide bonds. The van der Waals surface area contributed by atoms with Gasteiger partial charge in [-0.05, 0) is 52.7 Å². The van der Waals surface area contributed by atoms with E-state index in [9.17, 15) is 9.59 Å². The van der Waals surface area contributed by atoms with Gasteiger partial charge in [-0.1, -0.05) is 30.3 Å². The van der Waals surface area contributed by atoms with Crippen molar-refractivity contribution in [3.63, 3.8) is 0 Å². The Morgan fingerprint density at radius 1 is 1.09 bits per heavy atom. The molecule has 0 aliphatic carbocycles. The molecule has 0 saturated carbocycles. The zero-order valence-electron chi connectivity index (χ0n) is 17.7. The van der Waals surface area contributed by atoms with Crippen LogP contribution < -0.4 is 4.90 Å². The van der Waals surface area contributed by atoms with Gasteiger partial charge in [0.05, 0.1) is 18.9 Å². The number of furan rings is 1. The van der Waals surface area contributed by atoms with Gasteiger partial charge in [0.1, 0.15) is 11.5 Å². The second-order valence-electron chi connectivity index (χ2n) is 7.37. The average Bonchev–Trinajstić information content (AvgIpc) is 3.62. The number of benzene rings is 2. The van der Waals surface area contributed by atoms with Gasteiger partial charge in [0.2, 0.25) is 0 Å². The quantitative estimate of drug-likeness (QED) is 0.346. The molecule has 2 aromatic carbocycles. The summed E-state index contributed by atoms with van der Waals surface area (Å²) < 4.78 is 11.7. The summed E-state index contributed by atoms with van der Waals surface area (Å²) in [6.07, 6.45) is 3.76. The van der Waals surface area contributed by atoms with E-state index in [1.165, 1.54) is 18.1 Å². The van der Waals surface area contributed by atoms with Crippen LogP contribution in [0.5, 0.6) is 0 Å². The molecule has 0 N–H and O–H groups in total. The van der Waals surface area contributed by atoms with Crippen LogP contribution in [0.15, 0.2) is 71.3 Å². The van der Waals surface area contributed by atoms with Crippen LogP contribution in [-0.4, -0.2) is 45.7 Å². The number of carbonyl (C=O) groups is 2. The Kier molecular flexibility index (Phi) is 5.27. The molecule has 0 fully saturated rings. The molecule has 5 rings (SSSR count).